The van der Waals surface area contributed by atoms with E-state index in [2.05, 4.69) is 71.9 Å². The van der Waals surface area contributed by atoms with Crippen molar-refractivity contribution in [3.63, 3.8) is 0 Å². The number of benzene rings is 2. The number of hydrogen-bond donors (Lipinski definition) is 1. The van der Waals surface area contributed by atoms with Crippen LogP contribution in [-0.2, 0) is 6.42 Å². The fraction of sp³-hybridized carbons (Fsp3) is 0.200. The molecule has 0 bridgehead atoms. The van der Waals surface area contributed by atoms with Crippen LogP contribution >= 0.6 is 54.5 Å². The molecule has 0 heterocycles. The second-order valence-electron chi connectivity index (χ2n) is 4.45. The van der Waals surface area contributed by atoms with Crippen molar-refractivity contribution in [3.8, 4) is 0 Å². The van der Waals surface area contributed by atoms with Gasteiger partial charge in [-0.25, -0.2) is 4.39 Å². The molecule has 0 aliphatic rings. The van der Waals surface area contributed by atoms with Gasteiger partial charge >= 0.3 is 0 Å². The van der Waals surface area contributed by atoms with Crippen LogP contribution in [0.5, 0.6) is 0 Å². The predicted octanol–water partition coefficient (Wildman–Crippen LogP) is 5.46. The topological polar surface area (TPSA) is 12.0 Å². The Morgan fingerprint density at radius 2 is 1.85 bits per heavy atom. The number of halogens is 4. The van der Waals surface area contributed by atoms with Crippen LogP contribution in [0.1, 0.15) is 17.2 Å². The lowest BCUT2D eigenvalue weighted by Gasteiger charge is -2.19. The Kier molecular flexibility index (Phi) is 6.01. The van der Waals surface area contributed by atoms with Crippen molar-refractivity contribution in [1.82, 2.24) is 5.32 Å². The average molecular weight is 513 g/mol. The first-order valence-corrected chi connectivity index (χ1v) is 8.74. The van der Waals surface area contributed by atoms with E-state index in [-0.39, 0.29) is 11.9 Å². The molecule has 0 fully saturated rings. The summed E-state index contributed by atoms with van der Waals surface area (Å²) in [4.78, 5) is 0. The summed E-state index contributed by atoms with van der Waals surface area (Å²) in [5, 5.41) is 3.30. The second-order valence-corrected chi connectivity index (χ2v) is 7.40. The van der Waals surface area contributed by atoms with Gasteiger partial charge < -0.3 is 5.32 Å². The van der Waals surface area contributed by atoms with Gasteiger partial charge in [-0.15, -0.1) is 0 Å². The van der Waals surface area contributed by atoms with Crippen molar-refractivity contribution in [1.29, 1.82) is 0 Å². The number of rotatable bonds is 4. The lowest BCUT2D eigenvalue weighted by atomic mass is 9.99. The number of likely N-dealkylation sites (N-methyl/N-ethyl adjacent to an activating group) is 1. The van der Waals surface area contributed by atoms with Crippen molar-refractivity contribution in [2.45, 2.75) is 12.5 Å². The third-order valence-electron chi connectivity index (χ3n) is 3.11. The smallest absolute Gasteiger partial charge is 0.123 e. The summed E-state index contributed by atoms with van der Waals surface area (Å²) < 4.78 is 16.6. The fourth-order valence-electron chi connectivity index (χ4n) is 2.07. The van der Waals surface area contributed by atoms with E-state index in [0.29, 0.717) is 6.42 Å². The van der Waals surface area contributed by atoms with Gasteiger partial charge in [0.2, 0.25) is 0 Å². The molecule has 0 aromatic heterocycles. The summed E-state index contributed by atoms with van der Waals surface area (Å²) in [5.74, 6) is -0.209. The minimum atomic E-state index is -0.209. The molecule has 2 aromatic carbocycles. The predicted molar refractivity (Wildman–Crippen MR) is 96.5 cm³/mol. The molecule has 2 aromatic rings. The molecule has 1 unspecified atom stereocenters. The molecule has 0 aliphatic heterocycles. The third kappa shape index (κ3) is 4.02. The maximum atomic E-state index is 13.4. The van der Waals surface area contributed by atoms with Gasteiger partial charge in [0.25, 0.3) is 0 Å². The van der Waals surface area contributed by atoms with Crippen molar-refractivity contribution in [3.05, 3.63) is 65.9 Å². The molecule has 1 N–H and O–H groups in total. The largest absolute Gasteiger partial charge is 0.313 e. The Morgan fingerprint density at radius 1 is 1.15 bits per heavy atom. The molecule has 0 aliphatic carbocycles. The number of hydrogen-bond acceptors (Lipinski definition) is 1. The Morgan fingerprint density at radius 3 is 2.55 bits per heavy atom. The van der Waals surface area contributed by atoms with E-state index in [1.54, 1.807) is 12.1 Å². The first-order valence-electron chi connectivity index (χ1n) is 6.07. The summed E-state index contributed by atoms with van der Waals surface area (Å²) in [5.41, 5.74) is 2.13. The second kappa shape index (κ2) is 7.33. The molecule has 0 amide bonds. The molecular formula is C15H13Br2FIN. The van der Waals surface area contributed by atoms with Crippen molar-refractivity contribution >= 4 is 54.5 Å². The van der Waals surface area contributed by atoms with E-state index < -0.39 is 0 Å². The average Bonchev–Trinajstić information content (AvgIpc) is 2.42. The van der Waals surface area contributed by atoms with Crippen LogP contribution in [0.4, 0.5) is 4.39 Å². The van der Waals surface area contributed by atoms with Gasteiger partial charge in [-0.3, -0.25) is 0 Å². The SMILES string of the molecule is CNC(Cc1cc(F)ccc1Br)c1cc(I)ccc1Br. The minimum Gasteiger partial charge on any atom is -0.313 e. The lowest BCUT2D eigenvalue weighted by Crippen LogP contribution is -2.19. The van der Waals surface area contributed by atoms with Gasteiger partial charge in [0.05, 0.1) is 0 Å². The molecule has 5 heteroatoms. The van der Waals surface area contributed by atoms with Crippen LogP contribution in [-0.4, -0.2) is 7.05 Å². The van der Waals surface area contributed by atoms with Crippen LogP contribution in [0.15, 0.2) is 45.3 Å². The maximum Gasteiger partial charge on any atom is 0.123 e. The minimum absolute atomic E-state index is 0.122. The molecule has 2 rings (SSSR count). The van der Waals surface area contributed by atoms with Gasteiger partial charge in [-0.1, -0.05) is 31.9 Å². The summed E-state index contributed by atoms with van der Waals surface area (Å²) in [6.07, 6.45) is 0.716. The van der Waals surface area contributed by atoms with Gasteiger partial charge in [0.1, 0.15) is 5.82 Å². The zero-order valence-electron chi connectivity index (χ0n) is 10.8. The standard InChI is InChI=1S/C15H13Br2FIN/c1-20-15(12-8-11(19)3-5-14(12)17)7-9-6-10(18)2-4-13(9)16/h2-6,8,15,20H,7H2,1H3. The van der Waals surface area contributed by atoms with E-state index in [9.17, 15) is 4.39 Å². The molecule has 0 spiro atoms. The highest BCUT2D eigenvalue weighted by Gasteiger charge is 2.15. The molecule has 0 radical (unpaired) electrons. The van der Waals surface area contributed by atoms with Gasteiger partial charge in [-0.2, -0.15) is 0 Å². The Balaban J connectivity index is 2.33. The molecule has 0 saturated carbocycles. The number of nitrogens with one attached hydrogen (secondary N) is 1. The summed E-state index contributed by atoms with van der Waals surface area (Å²) in [6.45, 7) is 0. The summed E-state index contributed by atoms with van der Waals surface area (Å²) in [7, 11) is 1.92. The monoisotopic (exact) mass is 511 g/mol. The Labute approximate surface area is 148 Å². The van der Waals surface area contributed by atoms with Crippen LogP contribution < -0.4 is 5.32 Å². The van der Waals surface area contributed by atoms with Crippen LogP contribution in [0, 0.1) is 9.39 Å². The van der Waals surface area contributed by atoms with Gasteiger partial charge in [0.15, 0.2) is 0 Å². The highest BCUT2D eigenvalue weighted by atomic mass is 127. The zero-order valence-corrected chi connectivity index (χ0v) is 16.1. The highest BCUT2D eigenvalue weighted by molar-refractivity contribution is 14.1. The lowest BCUT2D eigenvalue weighted by molar-refractivity contribution is 0.580. The molecule has 0 saturated heterocycles. The maximum absolute atomic E-state index is 13.4. The van der Waals surface area contributed by atoms with Crippen LogP contribution in [0.25, 0.3) is 0 Å². The van der Waals surface area contributed by atoms with E-state index in [0.717, 1.165) is 14.5 Å². The van der Waals surface area contributed by atoms with Crippen molar-refractivity contribution in [2.75, 3.05) is 7.05 Å². The Hall–Kier alpha value is 0.0200. The zero-order chi connectivity index (χ0) is 14.7. The van der Waals surface area contributed by atoms with E-state index in [1.165, 1.54) is 15.2 Å². The summed E-state index contributed by atoms with van der Waals surface area (Å²) >= 11 is 9.37. The normalized spacial score (nSPS) is 12.4. The van der Waals surface area contributed by atoms with E-state index >= 15 is 0 Å². The first kappa shape index (κ1) is 16.4. The van der Waals surface area contributed by atoms with Crippen LogP contribution in [0.3, 0.4) is 0 Å². The van der Waals surface area contributed by atoms with Crippen LogP contribution in [0.2, 0.25) is 0 Å². The Bertz CT molecular complexity index is 619. The molecule has 1 atom stereocenters. The van der Waals surface area contributed by atoms with E-state index in [4.69, 9.17) is 0 Å². The molecule has 1 nitrogen and oxygen atoms in total. The van der Waals surface area contributed by atoms with Crippen molar-refractivity contribution in [2.24, 2.45) is 0 Å². The molecular weight excluding hydrogens is 500 g/mol. The first-order chi connectivity index (χ1) is 9.51. The molecule has 106 valence electrons. The fourth-order valence-corrected chi connectivity index (χ4v) is 3.52. The highest BCUT2D eigenvalue weighted by Crippen LogP contribution is 2.30. The van der Waals surface area contributed by atoms with E-state index in [1.807, 2.05) is 13.1 Å². The third-order valence-corrected chi connectivity index (χ3v) is 5.28. The summed E-state index contributed by atoms with van der Waals surface area (Å²) in [6, 6.07) is 11.2. The van der Waals surface area contributed by atoms with Crippen molar-refractivity contribution < 1.29 is 4.39 Å². The van der Waals surface area contributed by atoms with Gasteiger partial charge in [-0.05, 0) is 83.6 Å². The van der Waals surface area contributed by atoms with Gasteiger partial charge in [0, 0.05) is 18.6 Å². The quantitative estimate of drug-likeness (QED) is 0.537. The molecule has 20 heavy (non-hydrogen) atoms.